The summed E-state index contributed by atoms with van der Waals surface area (Å²) < 4.78 is 12.8. The van der Waals surface area contributed by atoms with Crippen molar-refractivity contribution < 1.29 is 8.83 Å². The van der Waals surface area contributed by atoms with Gasteiger partial charge in [0.2, 0.25) is 0 Å². The molecular weight excluding hydrogens is 599 g/mol. The smallest absolute Gasteiger partial charge is 0.159 e. The molecule has 2 aromatic heterocycles. The molecule has 0 amide bonds. The SMILES string of the molecule is c1cc(-c2ccc3ccccc3c2)cc(N(c2ccc(-c3ccc4c(c3)oc3ccccc34)cc2)c2cccc3c2oc2ccccc23)c1. The van der Waals surface area contributed by atoms with Crippen LogP contribution >= 0.6 is 0 Å². The van der Waals surface area contributed by atoms with E-state index >= 15 is 0 Å². The lowest BCUT2D eigenvalue weighted by Gasteiger charge is -2.26. The number of para-hydroxylation sites is 3. The summed E-state index contributed by atoms with van der Waals surface area (Å²) in [5.74, 6) is 0. The molecule has 3 heteroatoms. The van der Waals surface area contributed by atoms with E-state index in [-0.39, 0.29) is 0 Å². The van der Waals surface area contributed by atoms with Gasteiger partial charge in [-0.25, -0.2) is 0 Å². The highest BCUT2D eigenvalue weighted by molar-refractivity contribution is 6.10. The molecule has 10 aromatic rings. The van der Waals surface area contributed by atoms with Crippen LogP contribution in [0.4, 0.5) is 17.1 Å². The minimum atomic E-state index is 0.860. The molecule has 230 valence electrons. The lowest BCUT2D eigenvalue weighted by atomic mass is 10.00. The number of rotatable bonds is 5. The van der Waals surface area contributed by atoms with Gasteiger partial charge in [0.15, 0.2) is 5.58 Å². The molecule has 0 spiro atoms. The van der Waals surface area contributed by atoms with E-state index in [1.54, 1.807) is 0 Å². The zero-order valence-corrected chi connectivity index (χ0v) is 26.5. The summed E-state index contributed by atoms with van der Waals surface area (Å²) in [7, 11) is 0. The number of fused-ring (bicyclic) bond motifs is 7. The fraction of sp³-hybridized carbons (Fsp3) is 0. The normalized spacial score (nSPS) is 11.7. The molecule has 0 aliphatic rings. The third-order valence-electron chi connectivity index (χ3n) is 9.65. The van der Waals surface area contributed by atoms with Gasteiger partial charge in [-0.15, -0.1) is 0 Å². The summed E-state index contributed by atoms with van der Waals surface area (Å²) in [4.78, 5) is 2.31. The van der Waals surface area contributed by atoms with E-state index in [1.807, 2.05) is 24.3 Å². The first-order valence-corrected chi connectivity index (χ1v) is 16.6. The molecule has 0 atom stereocenters. The van der Waals surface area contributed by atoms with Gasteiger partial charge in [0.05, 0.1) is 5.69 Å². The fourth-order valence-electron chi connectivity index (χ4n) is 7.24. The molecule has 0 saturated heterocycles. The highest BCUT2D eigenvalue weighted by atomic mass is 16.3. The Bertz CT molecular complexity index is 2840. The van der Waals surface area contributed by atoms with Crippen molar-refractivity contribution in [2.75, 3.05) is 4.90 Å². The second kappa shape index (κ2) is 11.0. The van der Waals surface area contributed by atoms with Gasteiger partial charge >= 0.3 is 0 Å². The molecule has 0 fully saturated rings. The van der Waals surface area contributed by atoms with Crippen LogP contribution in [0.15, 0.2) is 185 Å². The predicted octanol–water partition coefficient (Wildman–Crippen LogP) is 13.4. The van der Waals surface area contributed by atoms with Gasteiger partial charge in [0.1, 0.15) is 16.7 Å². The molecular formula is C46H29NO2. The number of hydrogen-bond acceptors (Lipinski definition) is 3. The molecule has 0 unspecified atom stereocenters. The van der Waals surface area contributed by atoms with E-state index in [0.29, 0.717) is 0 Å². The molecule has 0 aliphatic heterocycles. The lowest BCUT2D eigenvalue weighted by Crippen LogP contribution is -2.10. The maximum Gasteiger partial charge on any atom is 0.159 e. The van der Waals surface area contributed by atoms with Gasteiger partial charge in [0, 0.05) is 32.9 Å². The van der Waals surface area contributed by atoms with Crippen LogP contribution in [0.2, 0.25) is 0 Å². The molecule has 8 aromatic carbocycles. The Labute approximate surface area is 282 Å². The van der Waals surface area contributed by atoms with E-state index in [2.05, 4.69) is 157 Å². The van der Waals surface area contributed by atoms with E-state index in [9.17, 15) is 0 Å². The average Bonchev–Trinajstić information content (AvgIpc) is 3.74. The molecule has 3 nitrogen and oxygen atoms in total. The fourth-order valence-corrected chi connectivity index (χ4v) is 7.24. The molecule has 49 heavy (non-hydrogen) atoms. The zero-order chi connectivity index (χ0) is 32.3. The van der Waals surface area contributed by atoms with Crippen molar-refractivity contribution >= 4 is 71.7 Å². The van der Waals surface area contributed by atoms with Crippen LogP contribution in [0.5, 0.6) is 0 Å². The van der Waals surface area contributed by atoms with Crippen LogP contribution in [0, 0.1) is 0 Å². The highest BCUT2D eigenvalue weighted by Gasteiger charge is 2.20. The molecule has 0 bridgehead atoms. The third kappa shape index (κ3) is 4.59. The Balaban J connectivity index is 1.12. The summed E-state index contributed by atoms with van der Waals surface area (Å²) in [5.41, 5.74) is 11.2. The second-order valence-corrected chi connectivity index (χ2v) is 12.6. The van der Waals surface area contributed by atoms with Crippen LogP contribution in [0.1, 0.15) is 0 Å². The Morgan fingerprint density at radius 3 is 1.80 bits per heavy atom. The van der Waals surface area contributed by atoms with Gasteiger partial charge in [-0.3, -0.25) is 0 Å². The van der Waals surface area contributed by atoms with Crippen LogP contribution in [-0.4, -0.2) is 0 Å². The molecule has 0 aliphatic carbocycles. The summed E-state index contributed by atoms with van der Waals surface area (Å²) in [5, 5.41) is 6.94. The van der Waals surface area contributed by atoms with Crippen molar-refractivity contribution in [2.24, 2.45) is 0 Å². The average molecular weight is 628 g/mol. The van der Waals surface area contributed by atoms with E-state index in [0.717, 1.165) is 77.6 Å². The Kier molecular flexibility index (Phi) is 6.18. The molecule has 10 rings (SSSR count). The van der Waals surface area contributed by atoms with Crippen LogP contribution < -0.4 is 4.90 Å². The topological polar surface area (TPSA) is 29.5 Å². The monoisotopic (exact) mass is 627 g/mol. The molecule has 2 heterocycles. The predicted molar refractivity (Wildman–Crippen MR) is 204 cm³/mol. The Hall–Kier alpha value is -6.58. The van der Waals surface area contributed by atoms with Gasteiger partial charge < -0.3 is 13.7 Å². The number of nitrogens with zero attached hydrogens (tertiary/aromatic N) is 1. The maximum absolute atomic E-state index is 6.58. The van der Waals surface area contributed by atoms with Crippen molar-refractivity contribution in [1.82, 2.24) is 0 Å². The standard InChI is InChI=1S/C46H29NO2/c1-2-10-32-27-34(20-19-30(32)9-1)33-11-7-12-37(28-33)47(42-16-8-15-41-39-14-4-6-18-44(39)49-46(41)42)36-24-21-31(22-25-36)35-23-26-40-38-13-3-5-17-43(38)48-45(40)29-35/h1-29H. The summed E-state index contributed by atoms with van der Waals surface area (Å²) in [6.07, 6.45) is 0. The first-order valence-electron chi connectivity index (χ1n) is 16.6. The van der Waals surface area contributed by atoms with Gasteiger partial charge in [0.25, 0.3) is 0 Å². The minimum Gasteiger partial charge on any atom is -0.456 e. The largest absolute Gasteiger partial charge is 0.456 e. The summed E-state index contributed by atoms with van der Waals surface area (Å²) >= 11 is 0. The first-order chi connectivity index (χ1) is 24.3. The zero-order valence-electron chi connectivity index (χ0n) is 26.5. The van der Waals surface area contributed by atoms with Crippen LogP contribution in [0.25, 0.3) is 76.9 Å². The van der Waals surface area contributed by atoms with E-state index in [1.165, 1.54) is 16.3 Å². The number of anilines is 3. The second-order valence-electron chi connectivity index (χ2n) is 12.6. The number of benzene rings is 8. The van der Waals surface area contributed by atoms with Crippen molar-refractivity contribution in [3.8, 4) is 22.3 Å². The third-order valence-corrected chi connectivity index (χ3v) is 9.65. The van der Waals surface area contributed by atoms with Crippen LogP contribution in [-0.2, 0) is 0 Å². The van der Waals surface area contributed by atoms with E-state index < -0.39 is 0 Å². The van der Waals surface area contributed by atoms with E-state index in [4.69, 9.17) is 8.83 Å². The van der Waals surface area contributed by atoms with Crippen molar-refractivity contribution in [2.45, 2.75) is 0 Å². The van der Waals surface area contributed by atoms with Gasteiger partial charge in [-0.05, 0) is 93.7 Å². The Morgan fingerprint density at radius 1 is 0.327 bits per heavy atom. The molecule has 0 saturated carbocycles. The van der Waals surface area contributed by atoms with Crippen molar-refractivity contribution in [3.63, 3.8) is 0 Å². The number of furan rings is 2. The van der Waals surface area contributed by atoms with Crippen LogP contribution in [0.3, 0.4) is 0 Å². The Morgan fingerprint density at radius 2 is 0.939 bits per heavy atom. The quantitative estimate of drug-likeness (QED) is 0.190. The van der Waals surface area contributed by atoms with Gasteiger partial charge in [-0.1, -0.05) is 115 Å². The lowest BCUT2D eigenvalue weighted by molar-refractivity contribution is 0.668. The summed E-state index contributed by atoms with van der Waals surface area (Å²) in [6.45, 7) is 0. The summed E-state index contributed by atoms with van der Waals surface area (Å²) in [6, 6.07) is 62.1. The van der Waals surface area contributed by atoms with Crippen molar-refractivity contribution in [1.29, 1.82) is 0 Å². The minimum absolute atomic E-state index is 0.860. The van der Waals surface area contributed by atoms with Gasteiger partial charge in [-0.2, -0.15) is 0 Å². The first kappa shape index (κ1) is 27.5. The van der Waals surface area contributed by atoms with Crippen molar-refractivity contribution in [3.05, 3.63) is 176 Å². The molecule has 0 N–H and O–H groups in total. The maximum atomic E-state index is 6.58. The molecule has 0 radical (unpaired) electrons. The number of hydrogen-bond donors (Lipinski definition) is 0. The highest BCUT2D eigenvalue weighted by Crippen LogP contribution is 2.43.